The molecule has 2 aliphatic heterocycles. The first-order valence-corrected chi connectivity index (χ1v) is 6.86. The van der Waals surface area contributed by atoms with Crippen LogP contribution < -0.4 is 5.32 Å². The van der Waals surface area contributed by atoms with Gasteiger partial charge in [0.15, 0.2) is 0 Å². The second kappa shape index (κ2) is 5.51. The molecule has 9 nitrogen and oxygen atoms in total. The van der Waals surface area contributed by atoms with Gasteiger partial charge in [0.05, 0.1) is 6.54 Å². The van der Waals surface area contributed by atoms with Crippen molar-refractivity contribution in [3.63, 3.8) is 0 Å². The van der Waals surface area contributed by atoms with E-state index in [1.807, 2.05) is 0 Å². The highest BCUT2D eigenvalue weighted by atomic mass is 16.2. The molecule has 2 N–H and O–H groups in total. The summed E-state index contributed by atoms with van der Waals surface area (Å²) in [7, 11) is 0. The molecule has 112 valence electrons. The van der Waals surface area contributed by atoms with Crippen molar-refractivity contribution in [2.24, 2.45) is 0 Å². The summed E-state index contributed by atoms with van der Waals surface area (Å²) in [6, 6.07) is -0.503. The molecule has 1 atom stereocenters. The average Bonchev–Trinajstić information content (AvgIpc) is 3.13. The van der Waals surface area contributed by atoms with Crippen molar-refractivity contribution in [3.05, 3.63) is 12.2 Å². The van der Waals surface area contributed by atoms with Crippen molar-refractivity contribution < 1.29 is 14.4 Å². The molecule has 0 radical (unpaired) electrons. The van der Waals surface area contributed by atoms with Gasteiger partial charge in [-0.05, 0) is 12.8 Å². The molecule has 0 aliphatic carbocycles. The first-order chi connectivity index (χ1) is 10.1. The summed E-state index contributed by atoms with van der Waals surface area (Å²) in [6.45, 7) is 0.922. The second-order valence-electron chi connectivity index (χ2n) is 5.19. The molecule has 3 heterocycles. The van der Waals surface area contributed by atoms with E-state index in [-0.39, 0.29) is 30.8 Å². The van der Waals surface area contributed by atoms with Crippen LogP contribution in [0.1, 0.15) is 24.6 Å². The molecule has 0 bridgehead atoms. The summed E-state index contributed by atoms with van der Waals surface area (Å²) < 4.78 is 0. The van der Waals surface area contributed by atoms with E-state index >= 15 is 0 Å². The van der Waals surface area contributed by atoms with E-state index in [1.165, 1.54) is 6.33 Å². The SMILES string of the molecule is O=C(CN1C(=O)CNC1=O)N1CCC[C@H](c2ncn[nH]2)C1. The maximum atomic E-state index is 12.3. The minimum atomic E-state index is -0.503. The normalized spacial score (nSPS) is 22.6. The van der Waals surface area contributed by atoms with Crippen LogP contribution in [0, 0.1) is 0 Å². The molecular formula is C12H16N6O3. The van der Waals surface area contributed by atoms with Crippen molar-refractivity contribution in [1.82, 2.24) is 30.3 Å². The van der Waals surface area contributed by atoms with E-state index in [2.05, 4.69) is 20.5 Å². The molecule has 2 fully saturated rings. The number of imide groups is 1. The Morgan fingerprint density at radius 2 is 2.29 bits per heavy atom. The fraction of sp³-hybridized carbons (Fsp3) is 0.583. The zero-order valence-corrected chi connectivity index (χ0v) is 11.4. The Kier molecular flexibility index (Phi) is 3.55. The molecular weight excluding hydrogens is 276 g/mol. The first-order valence-electron chi connectivity index (χ1n) is 6.86. The number of urea groups is 1. The standard InChI is InChI=1S/C12H16N6O3/c19-9-4-13-12(21)18(9)6-10(20)17-3-1-2-8(5-17)11-14-7-15-16-11/h7-8H,1-6H2,(H,13,21)(H,14,15,16)/t8-/m0/s1. The Bertz CT molecular complexity index is 541. The highest BCUT2D eigenvalue weighted by Gasteiger charge is 2.33. The average molecular weight is 292 g/mol. The predicted octanol–water partition coefficient (Wildman–Crippen LogP) is -0.937. The highest BCUT2D eigenvalue weighted by molar-refractivity contribution is 6.04. The van der Waals surface area contributed by atoms with Gasteiger partial charge < -0.3 is 10.2 Å². The van der Waals surface area contributed by atoms with Crippen molar-refractivity contribution in [2.45, 2.75) is 18.8 Å². The number of aromatic nitrogens is 3. The molecule has 2 aliphatic rings. The fourth-order valence-electron chi connectivity index (χ4n) is 2.69. The third kappa shape index (κ3) is 2.71. The molecule has 21 heavy (non-hydrogen) atoms. The van der Waals surface area contributed by atoms with Crippen molar-refractivity contribution >= 4 is 17.8 Å². The lowest BCUT2D eigenvalue weighted by molar-refractivity contribution is -0.137. The van der Waals surface area contributed by atoms with Gasteiger partial charge in [-0.1, -0.05) is 0 Å². The first kappa shape index (κ1) is 13.5. The van der Waals surface area contributed by atoms with Crippen LogP contribution in [0.5, 0.6) is 0 Å². The monoisotopic (exact) mass is 292 g/mol. The van der Waals surface area contributed by atoms with Crippen LogP contribution in [-0.2, 0) is 9.59 Å². The Morgan fingerprint density at radius 3 is 2.95 bits per heavy atom. The molecule has 0 aromatic carbocycles. The quantitative estimate of drug-likeness (QED) is 0.699. The second-order valence-corrected chi connectivity index (χ2v) is 5.19. The minimum absolute atomic E-state index is 0.0349. The lowest BCUT2D eigenvalue weighted by atomic mass is 9.97. The number of aromatic amines is 1. The molecule has 2 saturated heterocycles. The Morgan fingerprint density at radius 1 is 1.43 bits per heavy atom. The third-order valence-electron chi connectivity index (χ3n) is 3.82. The number of rotatable bonds is 3. The fourth-order valence-corrected chi connectivity index (χ4v) is 2.69. The van der Waals surface area contributed by atoms with E-state index in [1.54, 1.807) is 4.90 Å². The number of piperidine rings is 1. The van der Waals surface area contributed by atoms with Gasteiger partial charge >= 0.3 is 6.03 Å². The van der Waals surface area contributed by atoms with Gasteiger partial charge in [0.2, 0.25) is 5.91 Å². The van der Waals surface area contributed by atoms with Crippen molar-refractivity contribution in [3.8, 4) is 0 Å². The van der Waals surface area contributed by atoms with E-state index in [9.17, 15) is 14.4 Å². The van der Waals surface area contributed by atoms with Gasteiger partial charge in [0, 0.05) is 19.0 Å². The maximum absolute atomic E-state index is 12.3. The van der Waals surface area contributed by atoms with Crippen LogP contribution in [0.4, 0.5) is 4.79 Å². The number of likely N-dealkylation sites (tertiary alicyclic amines) is 1. The van der Waals surface area contributed by atoms with E-state index in [0.717, 1.165) is 23.6 Å². The van der Waals surface area contributed by atoms with Gasteiger partial charge in [0.1, 0.15) is 18.7 Å². The minimum Gasteiger partial charge on any atom is -0.340 e. The number of carbonyl (C=O) groups excluding carboxylic acids is 3. The highest BCUT2D eigenvalue weighted by Crippen LogP contribution is 2.24. The van der Waals surface area contributed by atoms with Crippen LogP contribution in [0.15, 0.2) is 6.33 Å². The Hall–Kier alpha value is -2.45. The molecule has 1 aromatic rings. The van der Waals surface area contributed by atoms with E-state index in [4.69, 9.17) is 0 Å². The molecule has 9 heteroatoms. The summed E-state index contributed by atoms with van der Waals surface area (Å²) in [5.41, 5.74) is 0. The molecule has 1 aromatic heterocycles. The summed E-state index contributed by atoms with van der Waals surface area (Å²) >= 11 is 0. The maximum Gasteiger partial charge on any atom is 0.325 e. The summed E-state index contributed by atoms with van der Waals surface area (Å²) in [5, 5.41) is 9.05. The summed E-state index contributed by atoms with van der Waals surface area (Å²) in [4.78, 5) is 42.0. The largest absolute Gasteiger partial charge is 0.340 e. The molecule has 0 spiro atoms. The van der Waals surface area contributed by atoms with Gasteiger partial charge in [-0.15, -0.1) is 0 Å². The number of hydrogen-bond donors (Lipinski definition) is 2. The smallest absolute Gasteiger partial charge is 0.325 e. The van der Waals surface area contributed by atoms with Crippen LogP contribution in [0.25, 0.3) is 0 Å². The van der Waals surface area contributed by atoms with Crippen molar-refractivity contribution in [2.75, 3.05) is 26.2 Å². The van der Waals surface area contributed by atoms with Gasteiger partial charge in [-0.25, -0.2) is 9.78 Å². The zero-order chi connectivity index (χ0) is 14.8. The van der Waals surface area contributed by atoms with Crippen LogP contribution >= 0.6 is 0 Å². The number of nitrogens with one attached hydrogen (secondary N) is 2. The number of nitrogens with zero attached hydrogens (tertiary/aromatic N) is 4. The molecule has 0 unspecified atom stereocenters. The van der Waals surface area contributed by atoms with E-state index in [0.29, 0.717) is 13.1 Å². The van der Waals surface area contributed by atoms with Gasteiger partial charge in [-0.2, -0.15) is 5.10 Å². The number of amides is 4. The van der Waals surface area contributed by atoms with Crippen molar-refractivity contribution in [1.29, 1.82) is 0 Å². The van der Waals surface area contributed by atoms with Crippen LogP contribution in [0.2, 0.25) is 0 Å². The molecule has 4 amide bonds. The lowest BCUT2D eigenvalue weighted by Gasteiger charge is -2.32. The van der Waals surface area contributed by atoms with Crippen LogP contribution in [0.3, 0.4) is 0 Å². The van der Waals surface area contributed by atoms with Gasteiger partial charge in [0.25, 0.3) is 5.91 Å². The zero-order valence-electron chi connectivity index (χ0n) is 11.4. The lowest BCUT2D eigenvalue weighted by Crippen LogP contribution is -2.46. The van der Waals surface area contributed by atoms with Gasteiger partial charge in [-0.3, -0.25) is 19.6 Å². The predicted molar refractivity (Wildman–Crippen MR) is 70.0 cm³/mol. The molecule has 0 saturated carbocycles. The summed E-state index contributed by atoms with van der Waals surface area (Å²) in [5.74, 6) is 0.303. The third-order valence-corrected chi connectivity index (χ3v) is 3.82. The summed E-state index contributed by atoms with van der Waals surface area (Å²) in [6.07, 6.45) is 3.24. The Balaban J connectivity index is 1.62. The molecule has 3 rings (SSSR count). The topological polar surface area (TPSA) is 111 Å². The van der Waals surface area contributed by atoms with E-state index < -0.39 is 6.03 Å². The Labute approximate surface area is 120 Å². The van der Waals surface area contributed by atoms with Crippen LogP contribution in [-0.4, -0.2) is 69.0 Å². The number of H-pyrrole nitrogens is 1. The number of carbonyl (C=O) groups is 3. The number of hydrogen-bond acceptors (Lipinski definition) is 5.